The highest BCUT2D eigenvalue weighted by Crippen LogP contribution is 2.34. The van der Waals surface area contributed by atoms with Crippen LogP contribution in [0.5, 0.6) is 5.75 Å². The van der Waals surface area contributed by atoms with Crippen LogP contribution in [-0.2, 0) is 6.54 Å². The number of hydrogen-bond donors (Lipinski definition) is 1. The molecule has 0 aromatic heterocycles. The van der Waals surface area contributed by atoms with Gasteiger partial charge in [0.2, 0.25) is 0 Å². The predicted molar refractivity (Wildman–Crippen MR) is 91.4 cm³/mol. The Hall–Kier alpha value is -0.800. The standard InChI is InChI=1S/C15H13Cl4NO/c1-2-21-15-12(18)5-9(6-13(15)19)8-20-14-4-3-10(16)7-11(14)17/h3-7,20H,2,8H2,1H3. The quantitative estimate of drug-likeness (QED) is 0.670. The van der Waals surface area contributed by atoms with E-state index in [4.69, 9.17) is 51.1 Å². The van der Waals surface area contributed by atoms with E-state index in [2.05, 4.69) is 5.32 Å². The molecule has 0 fully saturated rings. The summed E-state index contributed by atoms with van der Waals surface area (Å²) < 4.78 is 5.40. The maximum atomic E-state index is 6.17. The second-order valence-corrected chi connectivity index (χ2v) is 5.96. The Labute approximate surface area is 143 Å². The molecule has 6 heteroatoms. The minimum absolute atomic E-state index is 0.489. The molecule has 0 radical (unpaired) electrons. The normalized spacial score (nSPS) is 10.5. The first kappa shape index (κ1) is 16.6. The van der Waals surface area contributed by atoms with Crippen molar-refractivity contribution in [1.29, 1.82) is 0 Å². The molecule has 2 rings (SSSR count). The number of benzene rings is 2. The second kappa shape index (κ2) is 7.46. The van der Waals surface area contributed by atoms with Crippen LogP contribution in [0.2, 0.25) is 20.1 Å². The first-order valence-electron chi connectivity index (χ1n) is 6.31. The summed E-state index contributed by atoms with van der Waals surface area (Å²) in [5, 5.41) is 5.35. The summed E-state index contributed by atoms with van der Waals surface area (Å²) in [4.78, 5) is 0. The minimum Gasteiger partial charge on any atom is -0.491 e. The molecule has 112 valence electrons. The summed E-state index contributed by atoms with van der Waals surface area (Å²) in [7, 11) is 0. The van der Waals surface area contributed by atoms with Crippen molar-refractivity contribution in [3.8, 4) is 5.75 Å². The average molecular weight is 365 g/mol. The number of halogens is 4. The lowest BCUT2D eigenvalue weighted by Crippen LogP contribution is -2.01. The predicted octanol–water partition coefficient (Wildman–Crippen LogP) is 6.31. The van der Waals surface area contributed by atoms with E-state index in [1.54, 1.807) is 12.1 Å². The molecule has 0 unspecified atom stereocenters. The molecule has 0 aliphatic rings. The van der Waals surface area contributed by atoms with Crippen molar-refractivity contribution in [3.63, 3.8) is 0 Å². The Morgan fingerprint density at radius 2 is 1.62 bits per heavy atom. The fourth-order valence-electron chi connectivity index (χ4n) is 1.83. The summed E-state index contributed by atoms with van der Waals surface area (Å²) >= 11 is 24.3. The summed E-state index contributed by atoms with van der Waals surface area (Å²) in [6, 6.07) is 8.91. The van der Waals surface area contributed by atoms with Crippen molar-refractivity contribution < 1.29 is 4.74 Å². The molecule has 0 bridgehead atoms. The molecule has 0 atom stereocenters. The van der Waals surface area contributed by atoms with E-state index in [9.17, 15) is 0 Å². The number of nitrogens with one attached hydrogen (secondary N) is 1. The van der Waals surface area contributed by atoms with Crippen molar-refractivity contribution in [1.82, 2.24) is 0 Å². The van der Waals surface area contributed by atoms with Crippen LogP contribution >= 0.6 is 46.4 Å². The third-order valence-electron chi connectivity index (χ3n) is 2.76. The van der Waals surface area contributed by atoms with E-state index < -0.39 is 0 Å². The molecule has 21 heavy (non-hydrogen) atoms. The van der Waals surface area contributed by atoms with Crippen molar-refractivity contribution in [2.45, 2.75) is 13.5 Å². The fraction of sp³-hybridized carbons (Fsp3) is 0.200. The average Bonchev–Trinajstić information content (AvgIpc) is 2.42. The SMILES string of the molecule is CCOc1c(Cl)cc(CNc2ccc(Cl)cc2Cl)cc1Cl. The zero-order valence-corrected chi connectivity index (χ0v) is 14.2. The maximum absolute atomic E-state index is 6.17. The van der Waals surface area contributed by atoms with Gasteiger partial charge < -0.3 is 10.1 Å². The van der Waals surface area contributed by atoms with Gasteiger partial charge in [-0.25, -0.2) is 0 Å². The van der Waals surface area contributed by atoms with Gasteiger partial charge in [0.25, 0.3) is 0 Å². The van der Waals surface area contributed by atoms with Crippen LogP contribution in [0.4, 0.5) is 5.69 Å². The first-order chi connectivity index (χ1) is 10.0. The minimum atomic E-state index is 0.489. The zero-order chi connectivity index (χ0) is 15.4. The van der Waals surface area contributed by atoms with Gasteiger partial charge in [0, 0.05) is 11.6 Å². The van der Waals surface area contributed by atoms with Gasteiger partial charge >= 0.3 is 0 Å². The molecular formula is C15H13Cl4NO. The van der Waals surface area contributed by atoms with Gasteiger partial charge in [-0.2, -0.15) is 0 Å². The third kappa shape index (κ3) is 4.33. The highest BCUT2D eigenvalue weighted by atomic mass is 35.5. The van der Waals surface area contributed by atoms with E-state index in [1.807, 2.05) is 25.1 Å². The highest BCUT2D eigenvalue weighted by molar-refractivity contribution is 6.37. The Morgan fingerprint density at radius 1 is 0.952 bits per heavy atom. The van der Waals surface area contributed by atoms with Gasteiger partial charge in [-0.3, -0.25) is 0 Å². The number of hydrogen-bond acceptors (Lipinski definition) is 2. The van der Waals surface area contributed by atoms with Gasteiger partial charge in [-0.15, -0.1) is 0 Å². The van der Waals surface area contributed by atoms with Crippen LogP contribution in [0.1, 0.15) is 12.5 Å². The smallest absolute Gasteiger partial charge is 0.156 e. The van der Waals surface area contributed by atoms with Gasteiger partial charge in [-0.1, -0.05) is 46.4 Å². The zero-order valence-electron chi connectivity index (χ0n) is 11.2. The first-order valence-corrected chi connectivity index (χ1v) is 7.82. The van der Waals surface area contributed by atoms with Gasteiger partial charge in [0.15, 0.2) is 5.75 Å². The van der Waals surface area contributed by atoms with Crippen LogP contribution in [0.25, 0.3) is 0 Å². The lowest BCUT2D eigenvalue weighted by Gasteiger charge is -2.12. The van der Waals surface area contributed by atoms with E-state index in [0.29, 0.717) is 39.0 Å². The largest absolute Gasteiger partial charge is 0.491 e. The Balaban J connectivity index is 2.13. The Morgan fingerprint density at radius 3 is 2.19 bits per heavy atom. The molecular weight excluding hydrogens is 352 g/mol. The van der Waals surface area contributed by atoms with Gasteiger partial charge in [-0.05, 0) is 42.8 Å². The van der Waals surface area contributed by atoms with Crippen molar-refractivity contribution in [2.75, 3.05) is 11.9 Å². The summed E-state index contributed by atoms with van der Waals surface area (Å²) in [6.45, 7) is 2.93. The molecule has 2 aromatic rings. The molecule has 0 saturated carbocycles. The van der Waals surface area contributed by atoms with Crippen LogP contribution < -0.4 is 10.1 Å². The fourth-order valence-corrected chi connectivity index (χ4v) is 2.94. The van der Waals surface area contributed by atoms with Crippen LogP contribution in [0, 0.1) is 0 Å². The summed E-state index contributed by atoms with van der Waals surface area (Å²) in [5.74, 6) is 0.508. The molecule has 0 amide bonds. The van der Waals surface area contributed by atoms with E-state index >= 15 is 0 Å². The molecule has 2 nitrogen and oxygen atoms in total. The van der Waals surface area contributed by atoms with Crippen LogP contribution in [-0.4, -0.2) is 6.61 Å². The molecule has 0 spiro atoms. The summed E-state index contributed by atoms with van der Waals surface area (Å²) in [5.41, 5.74) is 1.72. The monoisotopic (exact) mass is 363 g/mol. The lowest BCUT2D eigenvalue weighted by atomic mass is 10.2. The van der Waals surface area contributed by atoms with E-state index in [1.165, 1.54) is 0 Å². The van der Waals surface area contributed by atoms with Crippen molar-refractivity contribution in [3.05, 3.63) is 56.0 Å². The van der Waals surface area contributed by atoms with E-state index in [-0.39, 0.29) is 0 Å². The molecule has 1 N–H and O–H groups in total. The Bertz CT molecular complexity index is 623. The highest BCUT2D eigenvalue weighted by Gasteiger charge is 2.09. The third-order valence-corrected chi connectivity index (χ3v) is 3.87. The second-order valence-electron chi connectivity index (χ2n) is 4.30. The molecule has 2 aromatic carbocycles. The Kier molecular flexibility index (Phi) is 5.88. The summed E-state index contributed by atoms with van der Waals surface area (Å²) in [6.07, 6.45) is 0. The lowest BCUT2D eigenvalue weighted by molar-refractivity contribution is 0.340. The molecule has 0 aliphatic carbocycles. The molecule has 0 aliphatic heterocycles. The number of ether oxygens (including phenoxy) is 1. The van der Waals surface area contributed by atoms with E-state index in [0.717, 1.165) is 11.3 Å². The van der Waals surface area contributed by atoms with Crippen molar-refractivity contribution in [2.24, 2.45) is 0 Å². The van der Waals surface area contributed by atoms with Crippen LogP contribution in [0.15, 0.2) is 30.3 Å². The van der Waals surface area contributed by atoms with Crippen LogP contribution in [0.3, 0.4) is 0 Å². The molecule has 0 saturated heterocycles. The molecule has 0 heterocycles. The van der Waals surface area contributed by atoms with Crippen molar-refractivity contribution >= 4 is 52.1 Å². The maximum Gasteiger partial charge on any atom is 0.156 e. The van der Waals surface area contributed by atoms with Gasteiger partial charge in [0.05, 0.1) is 27.4 Å². The number of rotatable bonds is 5. The topological polar surface area (TPSA) is 21.3 Å². The number of anilines is 1. The van der Waals surface area contributed by atoms with Gasteiger partial charge in [0.1, 0.15) is 0 Å².